The maximum atomic E-state index is 8.65. The molecule has 0 amide bonds. The molecule has 1 N–H and O–H groups in total. The number of halogens is 1. The van der Waals surface area contributed by atoms with Crippen LogP contribution in [-0.2, 0) is 0 Å². The molecule has 2 rings (SSSR count). The Morgan fingerprint density at radius 1 is 2.00 bits per heavy atom. The van der Waals surface area contributed by atoms with Crippen LogP contribution in [0, 0.1) is 5.92 Å². The summed E-state index contributed by atoms with van der Waals surface area (Å²) in [5.41, 5.74) is 1.02. The molecule has 2 heteroatoms. The summed E-state index contributed by atoms with van der Waals surface area (Å²) in [7, 11) is 0. The summed E-state index contributed by atoms with van der Waals surface area (Å²) in [5, 5.41) is 7.79. The Kier molecular flexibility index (Phi) is 0.240. The van der Waals surface area contributed by atoms with E-state index in [1.807, 2.05) is 6.08 Å². The number of aliphatic hydroxyl groups is 1. The average molecular weight is 103 g/mol. The van der Waals surface area contributed by atoms with E-state index in [0.29, 0.717) is 0 Å². The highest BCUT2D eigenvalue weighted by Gasteiger charge is 2.67. The molecular weight excluding hydrogens is 99.5 g/mol. The number of rotatable bonds is 0. The number of hydrogen-bond acceptors (Lipinski definition) is 1. The third-order valence-electron chi connectivity index (χ3n) is 1.31. The molecule has 0 heterocycles. The molecule has 0 aromatic carbocycles. The minimum atomic E-state index is -0.861. The molecule has 2 aliphatic carbocycles. The van der Waals surface area contributed by atoms with E-state index < -0.39 is 5.06 Å². The average Bonchev–Trinajstić information content (AvgIpc) is 2.13. The van der Waals surface area contributed by atoms with Crippen LogP contribution in [-0.4, -0.2) is 10.2 Å². The third-order valence-corrected chi connectivity index (χ3v) is 1.76. The van der Waals surface area contributed by atoms with E-state index in [9.17, 15) is 0 Å². The minimum Gasteiger partial charge on any atom is -0.370 e. The molecule has 1 unspecified atom stereocenters. The molecule has 0 aromatic heterocycles. The lowest BCUT2D eigenvalue weighted by Gasteiger charge is -1.93. The van der Waals surface area contributed by atoms with Crippen LogP contribution in [0.25, 0.3) is 0 Å². The molecule has 0 aromatic rings. The number of alkyl halides is 1. The van der Waals surface area contributed by atoms with Crippen molar-refractivity contribution < 1.29 is 5.11 Å². The quantitative estimate of drug-likeness (QED) is 0.349. The first-order valence-corrected chi connectivity index (χ1v) is 2.24. The zero-order valence-electron chi connectivity index (χ0n) is 2.98. The van der Waals surface area contributed by atoms with Crippen LogP contribution < -0.4 is 0 Å². The first kappa shape index (κ1) is 3.05. The Morgan fingerprint density at radius 2 is 2.33 bits per heavy atom. The molecule has 1 fully saturated rings. The fourth-order valence-corrected chi connectivity index (χ4v) is 0.904. The van der Waals surface area contributed by atoms with Gasteiger partial charge in [-0.2, -0.15) is 0 Å². The molecular formula is C4H3ClO. The second-order valence-corrected chi connectivity index (χ2v) is 2.35. The summed E-state index contributed by atoms with van der Waals surface area (Å²) < 4.78 is 0. The second-order valence-electron chi connectivity index (χ2n) is 1.77. The molecule has 32 valence electrons. The highest BCUT2D eigenvalue weighted by molar-refractivity contribution is 6.30. The predicted octanol–water partition coefficient (Wildman–Crippen LogP) is 0.484. The summed E-state index contributed by atoms with van der Waals surface area (Å²) in [4.78, 5) is 0. The van der Waals surface area contributed by atoms with Gasteiger partial charge in [-0.05, 0) is 5.57 Å². The lowest BCUT2D eigenvalue weighted by molar-refractivity contribution is 0.228. The molecule has 2 atom stereocenters. The first-order valence-electron chi connectivity index (χ1n) is 1.86. The first-order chi connectivity index (χ1) is 2.73. The van der Waals surface area contributed by atoms with Crippen LogP contribution in [0.2, 0.25) is 0 Å². The van der Waals surface area contributed by atoms with Gasteiger partial charge in [-0.25, -0.2) is 0 Å². The van der Waals surface area contributed by atoms with Crippen LogP contribution in [0.1, 0.15) is 0 Å². The van der Waals surface area contributed by atoms with Crippen LogP contribution in [0.15, 0.2) is 11.6 Å². The van der Waals surface area contributed by atoms with Crippen molar-refractivity contribution >= 4 is 11.6 Å². The molecule has 0 aliphatic heterocycles. The molecule has 0 bridgehead atoms. The van der Waals surface area contributed by atoms with Crippen LogP contribution in [0.3, 0.4) is 0 Å². The SMILES string of the molecule is OC1(Cl)C2=C[C@@H]21. The van der Waals surface area contributed by atoms with E-state index in [2.05, 4.69) is 0 Å². The molecule has 1 nitrogen and oxygen atoms in total. The Balaban J connectivity index is 2.39. The van der Waals surface area contributed by atoms with E-state index in [1.54, 1.807) is 0 Å². The number of fused-ring (bicyclic) bond motifs is 1. The second kappa shape index (κ2) is 0.471. The van der Waals surface area contributed by atoms with Crippen LogP contribution >= 0.6 is 11.6 Å². The fraction of sp³-hybridized carbons (Fsp3) is 0.500. The summed E-state index contributed by atoms with van der Waals surface area (Å²) in [6, 6.07) is 0. The normalized spacial score (nSPS) is 59.7. The Morgan fingerprint density at radius 3 is 2.33 bits per heavy atom. The maximum Gasteiger partial charge on any atom is 0.171 e. The van der Waals surface area contributed by atoms with E-state index in [4.69, 9.17) is 16.7 Å². The summed E-state index contributed by atoms with van der Waals surface area (Å²) in [5.74, 6) is 0.277. The highest BCUT2D eigenvalue weighted by atomic mass is 35.5. The van der Waals surface area contributed by atoms with Gasteiger partial charge in [0, 0.05) is 5.92 Å². The zero-order valence-corrected chi connectivity index (χ0v) is 3.74. The van der Waals surface area contributed by atoms with E-state index >= 15 is 0 Å². The zero-order chi connectivity index (χ0) is 4.36. The molecule has 6 heavy (non-hydrogen) atoms. The van der Waals surface area contributed by atoms with Crippen molar-refractivity contribution in [2.75, 3.05) is 0 Å². The Bertz CT molecular complexity index is 136. The van der Waals surface area contributed by atoms with Gasteiger partial charge in [-0.1, -0.05) is 17.7 Å². The van der Waals surface area contributed by atoms with Crippen molar-refractivity contribution in [1.82, 2.24) is 0 Å². The molecule has 0 spiro atoms. The van der Waals surface area contributed by atoms with Crippen molar-refractivity contribution in [2.45, 2.75) is 5.06 Å². The van der Waals surface area contributed by atoms with Gasteiger partial charge in [0.25, 0.3) is 0 Å². The van der Waals surface area contributed by atoms with E-state index in [0.717, 1.165) is 5.57 Å². The van der Waals surface area contributed by atoms with Gasteiger partial charge < -0.3 is 5.11 Å². The maximum absolute atomic E-state index is 8.65. The Labute approximate surface area is 40.2 Å². The van der Waals surface area contributed by atoms with Crippen LogP contribution in [0.4, 0.5) is 0 Å². The monoisotopic (exact) mass is 102 g/mol. The summed E-state index contributed by atoms with van der Waals surface area (Å²) in [6.45, 7) is 0. The van der Waals surface area contributed by atoms with Crippen LogP contribution in [0.5, 0.6) is 0 Å². The van der Waals surface area contributed by atoms with Gasteiger partial charge in [-0.3, -0.25) is 0 Å². The standard InChI is InChI=1S/C4H3ClO/c5-4(6)2-1-3(2)4/h1-2,6H/t2-,4?/m0/s1. The van der Waals surface area contributed by atoms with Gasteiger partial charge in [0.1, 0.15) is 0 Å². The summed E-state index contributed by atoms with van der Waals surface area (Å²) >= 11 is 5.33. The Hall–Kier alpha value is -0.0100. The topological polar surface area (TPSA) is 20.2 Å². The van der Waals surface area contributed by atoms with Crippen molar-refractivity contribution in [3.05, 3.63) is 11.6 Å². The molecule has 0 saturated heterocycles. The third kappa shape index (κ3) is 0.140. The molecule has 1 saturated carbocycles. The largest absolute Gasteiger partial charge is 0.370 e. The van der Waals surface area contributed by atoms with Gasteiger partial charge in [0.15, 0.2) is 5.06 Å². The van der Waals surface area contributed by atoms with Gasteiger partial charge in [-0.15, -0.1) is 0 Å². The summed E-state index contributed by atoms with van der Waals surface area (Å²) in [6.07, 6.45) is 1.95. The number of hydrogen-bond donors (Lipinski definition) is 1. The smallest absolute Gasteiger partial charge is 0.171 e. The van der Waals surface area contributed by atoms with Crippen molar-refractivity contribution in [3.8, 4) is 0 Å². The van der Waals surface area contributed by atoms with Crippen molar-refractivity contribution in [2.24, 2.45) is 5.92 Å². The minimum absolute atomic E-state index is 0.277. The van der Waals surface area contributed by atoms with E-state index in [1.165, 1.54) is 0 Å². The van der Waals surface area contributed by atoms with Gasteiger partial charge in [0.05, 0.1) is 0 Å². The lowest BCUT2D eigenvalue weighted by atomic mass is 10.5. The fourth-order valence-electron chi connectivity index (χ4n) is 0.598. The highest BCUT2D eigenvalue weighted by Crippen LogP contribution is 2.66. The van der Waals surface area contributed by atoms with Crippen molar-refractivity contribution in [3.63, 3.8) is 0 Å². The predicted molar refractivity (Wildman–Crippen MR) is 22.4 cm³/mol. The molecule has 2 aliphatic rings. The van der Waals surface area contributed by atoms with Gasteiger partial charge >= 0.3 is 0 Å². The lowest BCUT2D eigenvalue weighted by Crippen LogP contribution is -2.00. The molecule has 0 radical (unpaired) electrons. The van der Waals surface area contributed by atoms with E-state index in [-0.39, 0.29) is 5.92 Å². The van der Waals surface area contributed by atoms with Gasteiger partial charge in [0.2, 0.25) is 0 Å². The van der Waals surface area contributed by atoms with Crippen molar-refractivity contribution in [1.29, 1.82) is 0 Å².